The summed E-state index contributed by atoms with van der Waals surface area (Å²) in [4.78, 5) is 0. The molecule has 122 valence electrons. The van der Waals surface area contributed by atoms with Crippen LogP contribution in [0.5, 0.6) is 0 Å². The Labute approximate surface area is 149 Å². The van der Waals surface area contributed by atoms with Gasteiger partial charge in [0, 0.05) is 5.92 Å². The van der Waals surface area contributed by atoms with Gasteiger partial charge in [-0.25, -0.2) is 0 Å². The van der Waals surface area contributed by atoms with Crippen LogP contribution in [0.3, 0.4) is 0 Å². The Morgan fingerprint density at radius 3 is 2.36 bits per heavy atom. The number of aryl methyl sites for hydroxylation is 1. The highest BCUT2D eigenvalue weighted by Crippen LogP contribution is 2.59. The Hall–Kier alpha value is -2.84. The summed E-state index contributed by atoms with van der Waals surface area (Å²) in [5.41, 5.74) is 7.27. The molecule has 2 aromatic rings. The van der Waals surface area contributed by atoms with Gasteiger partial charge in [0.25, 0.3) is 0 Å². The number of allylic oxidation sites excluding steroid dienone is 2. The summed E-state index contributed by atoms with van der Waals surface area (Å²) in [5, 5.41) is 20.2. The topological polar surface area (TPSA) is 47.6 Å². The molecule has 2 aromatic carbocycles. The minimum absolute atomic E-state index is 0.100. The maximum absolute atomic E-state index is 10.4. The molecule has 0 heterocycles. The molecule has 0 amide bonds. The van der Waals surface area contributed by atoms with E-state index < -0.39 is 5.41 Å². The van der Waals surface area contributed by atoms with Crippen LogP contribution in [0.15, 0.2) is 53.6 Å². The van der Waals surface area contributed by atoms with Crippen LogP contribution < -0.4 is 0 Å². The van der Waals surface area contributed by atoms with E-state index in [-0.39, 0.29) is 11.8 Å². The van der Waals surface area contributed by atoms with Crippen molar-refractivity contribution in [1.29, 1.82) is 10.5 Å². The molecule has 0 saturated carbocycles. The summed E-state index contributed by atoms with van der Waals surface area (Å²) in [7, 11) is 0. The molecule has 0 saturated heterocycles. The van der Waals surface area contributed by atoms with Gasteiger partial charge < -0.3 is 0 Å². The van der Waals surface area contributed by atoms with E-state index in [0.29, 0.717) is 0 Å². The predicted molar refractivity (Wildman–Crippen MR) is 98.1 cm³/mol. The van der Waals surface area contributed by atoms with Gasteiger partial charge in [0.05, 0.1) is 18.1 Å². The second kappa shape index (κ2) is 5.33. The van der Waals surface area contributed by atoms with E-state index >= 15 is 0 Å². The molecule has 0 N–H and O–H groups in total. The van der Waals surface area contributed by atoms with Crippen LogP contribution in [0.25, 0.3) is 0 Å². The zero-order valence-corrected chi connectivity index (χ0v) is 14.8. The molecule has 0 radical (unpaired) electrons. The molecule has 0 fully saturated rings. The standard InChI is InChI=1S/C23H20N2/c1-14-9-10-18-20(12-24)15(2)16(3)23(13-25)21(11-19(14)22(18)23)17-7-5-4-6-8-17/h4-10,20-21H,11H2,1-3H3/t20-,21+,23-/m1/s1. The van der Waals surface area contributed by atoms with E-state index in [4.69, 9.17) is 0 Å². The molecule has 2 heteroatoms. The third kappa shape index (κ3) is 1.83. The molecule has 0 bridgehead atoms. The first-order valence-electron chi connectivity index (χ1n) is 8.72. The van der Waals surface area contributed by atoms with Gasteiger partial charge in [0.15, 0.2) is 0 Å². The highest BCUT2D eigenvalue weighted by atomic mass is 14.6. The third-order valence-electron chi connectivity index (χ3n) is 6.34. The van der Waals surface area contributed by atoms with Crippen LogP contribution in [0.2, 0.25) is 0 Å². The van der Waals surface area contributed by atoms with Crippen LogP contribution in [0, 0.1) is 29.6 Å². The molecule has 2 aliphatic rings. The van der Waals surface area contributed by atoms with Crippen molar-refractivity contribution in [3.8, 4) is 12.1 Å². The molecule has 0 unspecified atom stereocenters. The van der Waals surface area contributed by atoms with Crippen LogP contribution in [-0.2, 0) is 11.8 Å². The number of nitriles is 2. The van der Waals surface area contributed by atoms with Crippen molar-refractivity contribution in [2.45, 2.75) is 44.4 Å². The molecule has 3 atom stereocenters. The lowest BCUT2D eigenvalue weighted by molar-refractivity contribution is 0.519. The van der Waals surface area contributed by atoms with Crippen LogP contribution in [0.4, 0.5) is 0 Å². The lowest BCUT2D eigenvalue weighted by Crippen LogP contribution is -2.35. The number of nitrogens with zero attached hydrogens (tertiary/aromatic N) is 2. The Morgan fingerprint density at radius 1 is 1.00 bits per heavy atom. The van der Waals surface area contributed by atoms with E-state index in [9.17, 15) is 10.5 Å². The first-order valence-corrected chi connectivity index (χ1v) is 8.72. The number of benzene rings is 2. The van der Waals surface area contributed by atoms with Crippen molar-refractivity contribution >= 4 is 0 Å². The normalized spacial score (nSPS) is 26.8. The maximum Gasteiger partial charge on any atom is 0.111 e. The van der Waals surface area contributed by atoms with Crippen molar-refractivity contribution in [3.63, 3.8) is 0 Å². The van der Waals surface area contributed by atoms with Crippen LogP contribution >= 0.6 is 0 Å². The highest BCUT2D eigenvalue weighted by molar-refractivity contribution is 5.67. The first-order chi connectivity index (χ1) is 12.1. The van der Waals surface area contributed by atoms with Gasteiger partial charge in [-0.15, -0.1) is 0 Å². The summed E-state index contributed by atoms with van der Waals surface area (Å²) in [5.74, 6) is -0.145. The van der Waals surface area contributed by atoms with E-state index in [2.05, 4.69) is 50.3 Å². The largest absolute Gasteiger partial charge is 0.197 e. The average molecular weight is 324 g/mol. The van der Waals surface area contributed by atoms with Gasteiger partial charge >= 0.3 is 0 Å². The van der Waals surface area contributed by atoms with Crippen molar-refractivity contribution < 1.29 is 0 Å². The molecule has 2 nitrogen and oxygen atoms in total. The van der Waals surface area contributed by atoms with Gasteiger partial charge in [-0.1, -0.05) is 48.0 Å². The molecule has 2 aliphatic carbocycles. The van der Waals surface area contributed by atoms with Gasteiger partial charge in [0.2, 0.25) is 0 Å². The van der Waals surface area contributed by atoms with Crippen LogP contribution in [-0.4, -0.2) is 0 Å². The van der Waals surface area contributed by atoms with Crippen molar-refractivity contribution in [2.75, 3.05) is 0 Å². The summed E-state index contributed by atoms with van der Waals surface area (Å²) in [6.07, 6.45) is 0.856. The third-order valence-corrected chi connectivity index (χ3v) is 6.34. The Bertz CT molecular complexity index is 985. The molecule has 0 aliphatic heterocycles. The van der Waals surface area contributed by atoms with Crippen molar-refractivity contribution in [2.24, 2.45) is 0 Å². The number of hydrogen-bond donors (Lipinski definition) is 0. The molecular weight excluding hydrogens is 304 g/mol. The van der Waals surface area contributed by atoms with E-state index in [1.165, 1.54) is 16.7 Å². The fourth-order valence-corrected chi connectivity index (χ4v) is 4.92. The summed E-state index contributed by atoms with van der Waals surface area (Å²) in [6, 6.07) is 19.7. The smallest absolute Gasteiger partial charge is 0.111 e. The zero-order chi connectivity index (χ0) is 17.8. The van der Waals surface area contributed by atoms with E-state index in [0.717, 1.165) is 28.7 Å². The molecule has 0 aromatic heterocycles. The Morgan fingerprint density at radius 2 is 1.72 bits per heavy atom. The molecular formula is C23H20N2. The Balaban J connectivity index is 2.10. The van der Waals surface area contributed by atoms with E-state index in [1.807, 2.05) is 25.1 Å². The fraction of sp³-hybridized carbons (Fsp3) is 0.304. The second-order valence-corrected chi connectivity index (χ2v) is 7.28. The quantitative estimate of drug-likeness (QED) is 0.689. The minimum atomic E-state index is -0.657. The average Bonchev–Trinajstić information content (AvgIpc) is 3.01. The molecule has 25 heavy (non-hydrogen) atoms. The first kappa shape index (κ1) is 15.7. The number of rotatable bonds is 1. The molecule has 4 rings (SSSR count). The highest BCUT2D eigenvalue weighted by Gasteiger charge is 2.54. The van der Waals surface area contributed by atoms with Crippen molar-refractivity contribution in [3.05, 3.63) is 81.4 Å². The monoisotopic (exact) mass is 324 g/mol. The van der Waals surface area contributed by atoms with Crippen LogP contribution in [0.1, 0.15) is 53.5 Å². The van der Waals surface area contributed by atoms with Crippen molar-refractivity contribution in [1.82, 2.24) is 0 Å². The zero-order valence-electron chi connectivity index (χ0n) is 14.8. The SMILES string of the molecule is CC1=C(C)[C@@]2(C#N)c3c(ccc(C)c3C[C@H]2c2ccccc2)[C@@H]1C#N. The summed E-state index contributed by atoms with van der Waals surface area (Å²) >= 11 is 0. The summed E-state index contributed by atoms with van der Waals surface area (Å²) in [6.45, 7) is 6.19. The number of hydrogen-bond acceptors (Lipinski definition) is 2. The summed E-state index contributed by atoms with van der Waals surface area (Å²) < 4.78 is 0. The van der Waals surface area contributed by atoms with Gasteiger partial charge in [-0.3, -0.25) is 0 Å². The predicted octanol–water partition coefficient (Wildman–Crippen LogP) is 5.05. The van der Waals surface area contributed by atoms with Gasteiger partial charge in [-0.05, 0) is 60.6 Å². The second-order valence-electron chi connectivity index (χ2n) is 7.28. The van der Waals surface area contributed by atoms with Gasteiger partial charge in [-0.2, -0.15) is 10.5 Å². The minimum Gasteiger partial charge on any atom is -0.197 e. The van der Waals surface area contributed by atoms with E-state index in [1.54, 1.807) is 0 Å². The lowest BCUT2D eigenvalue weighted by Gasteiger charge is -2.39. The lowest BCUT2D eigenvalue weighted by atomic mass is 9.61. The molecule has 0 spiro atoms. The van der Waals surface area contributed by atoms with Gasteiger partial charge in [0.1, 0.15) is 5.41 Å². The Kier molecular flexibility index (Phi) is 3.34. The fourth-order valence-electron chi connectivity index (χ4n) is 4.92. The maximum atomic E-state index is 10.4.